The fourth-order valence-corrected chi connectivity index (χ4v) is 2.26. The quantitative estimate of drug-likeness (QED) is 0.774. The number of aliphatic hydroxyl groups is 1. The molecule has 1 atom stereocenters. The van der Waals surface area contributed by atoms with E-state index in [2.05, 4.69) is 22.9 Å². The minimum Gasteiger partial charge on any atom is -0.393 e. The van der Waals surface area contributed by atoms with Crippen LogP contribution in [0.5, 0.6) is 0 Å². The predicted molar refractivity (Wildman–Crippen MR) is 74.6 cm³/mol. The van der Waals surface area contributed by atoms with E-state index in [1.54, 1.807) is 0 Å². The van der Waals surface area contributed by atoms with Gasteiger partial charge in [-0.15, -0.1) is 0 Å². The highest BCUT2D eigenvalue weighted by molar-refractivity contribution is 9.10. The maximum atomic E-state index is 9.85. The van der Waals surface area contributed by atoms with Crippen molar-refractivity contribution >= 4 is 27.5 Å². The number of rotatable bonds is 7. The molecular weight excluding hydrogens is 303 g/mol. The molecule has 17 heavy (non-hydrogen) atoms. The molecular formula is C13H18BrClO2. The summed E-state index contributed by atoms with van der Waals surface area (Å²) in [5.74, 6) is 0. The Balaban J connectivity index is 2.37. The van der Waals surface area contributed by atoms with Crippen molar-refractivity contribution in [2.45, 2.75) is 32.3 Å². The van der Waals surface area contributed by atoms with E-state index < -0.39 is 6.10 Å². The summed E-state index contributed by atoms with van der Waals surface area (Å²) in [7, 11) is 0. The van der Waals surface area contributed by atoms with Gasteiger partial charge in [0.15, 0.2) is 0 Å². The Morgan fingerprint density at radius 3 is 2.82 bits per heavy atom. The van der Waals surface area contributed by atoms with Gasteiger partial charge < -0.3 is 9.84 Å². The standard InChI is InChI=1S/C13H18BrClO2/c1-2-6-17-7-5-12(16)8-10-3-4-11(14)9-13(10)15/h3-4,9,12,16H,2,5-8H2,1H3. The van der Waals surface area contributed by atoms with E-state index in [1.807, 2.05) is 18.2 Å². The second-order valence-electron chi connectivity index (χ2n) is 3.99. The van der Waals surface area contributed by atoms with Crippen LogP contribution in [0.3, 0.4) is 0 Å². The molecule has 1 aromatic carbocycles. The van der Waals surface area contributed by atoms with E-state index in [9.17, 15) is 5.11 Å². The highest BCUT2D eigenvalue weighted by Crippen LogP contribution is 2.22. The van der Waals surface area contributed by atoms with Crippen molar-refractivity contribution in [3.8, 4) is 0 Å². The van der Waals surface area contributed by atoms with E-state index in [0.717, 1.165) is 23.1 Å². The van der Waals surface area contributed by atoms with Gasteiger partial charge in [-0.05, 0) is 37.0 Å². The van der Waals surface area contributed by atoms with Crippen molar-refractivity contribution in [2.75, 3.05) is 13.2 Å². The predicted octanol–water partition coefficient (Wildman–Crippen LogP) is 3.82. The molecule has 0 fully saturated rings. The summed E-state index contributed by atoms with van der Waals surface area (Å²) in [6.45, 7) is 3.42. The van der Waals surface area contributed by atoms with Crippen LogP contribution in [-0.4, -0.2) is 24.4 Å². The minimum atomic E-state index is -0.398. The van der Waals surface area contributed by atoms with Gasteiger partial charge in [0.2, 0.25) is 0 Å². The molecule has 96 valence electrons. The lowest BCUT2D eigenvalue weighted by atomic mass is 10.1. The molecule has 0 aliphatic rings. The van der Waals surface area contributed by atoms with Crippen molar-refractivity contribution in [2.24, 2.45) is 0 Å². The molecule has 1 aromatic rings. The average Bonchev–Trinajstić information content (AvgIpc) is 2.28. The Kier molecular flexibility index (Phi) is 7.12. The van der Waals surface area contributed by atoms with Crippen LogP contribution in [0, 0.1) is 0 Å². The Bertz CT molecular complexity index is 344. The van der Waals surface area contributed by atoms with Gasteiger partial charge in [0.05, 0.1) is 6.10 Å². The third-order valence-electron chi connectivity index (χ3n) is 2.41. The van der Waals surface area contributed by atoms with Crippen LogP contribution < -0.4 is 0 Å². The molecule has 0 bridgehead atoms. The van der Waals surface area contributed by atoms with Gasteiger partial charge in [-0.1, -0.05) is 40.5 Å². The van der Waals surface area contributed by atoms with E-state index >= 15 is 0 Å². The summed E-state index contributed by atoms with van der Waals surface area (Å²) in [5.41, 5.74) is 0.970. The summed E-state index contributed by atoms with van der Waals surface area (Å²) in [4.78, 5) is 0. The number of benzene rings is 1. The number of ether oxygens (including phenoxy) is 1. The van der Waals surface area contributed by atoms with Gasteiger partial charge in [0, 0.05) is 22.7 Å². The smallest absolute Gasteiger partial charge is 0.0603 e. The third kappa shape index (κ3) is 5.87. The second-order valence-corrected chi connectivity index (χ2v) is 5.32. The van der Waals surface area contributed by atoms with Crippen LogP contribution in [-0.2, 0) is 11.2 Å². The molecule has 1 unspecified atom stereocenters. The largest absolute Gasteiger partial charge is 0.393 e. The topological polar surface area (TPSA) is 29.5 Å². The van der Waals surface area contributed by atoms with Crippen LogP contribution >= 0.6 is 27.5 Å². The molecule has 1 rings (SSSR count). The Labute approximate surface area is 116 Å². The SMILES string of the molecule is CCCOCCC(O)Cc1ccc(Br)cc1Cl. The lowest BCUT2D eigenvalue weighted by molar-refractivity contribution is 0.0824. The summed E-state index contributed by atoms with van der Waals surface area (Å²) in [6.07, 6.45) is 1.83. The number of aliphatic hydroxyl groups excluding tert-OH is 1. The van der Waals surface area contributed by atoms with Gasteiger partial charge in [-0.3, -0.25) is 0 Å². The number of hydrogen-bond acceptors (Lipinski definition) is 2. The first-order valence-electron chi connectivity index (χ1n) is 5.83. The molecule has 0 heterocycles. The normalized spacial score (nSPS) is 12.7. The van der Waals surface area contributed by atoms with Crippen molar-refractivity contribution in [1.82, 2.24) is 0 Å². The molecule has 0 radical (unpaired) electrons. The number of halogens is 2. The molecule has 4 heteroatoms. The van der Waals surface area contributed by atoms with Gasteiger partial charge >= 0.3 is 0 Å². The monoisotopic (exact) mass is 320 g/mol. The van der Waals surface area contributed by atoms with Gasteiger partial charge in [0.25, 0.3) is 0 Å². The Hall–Kier alpha value is -0.0900. The Morgan fingerprint density at radius 1 is 1.41 bits per heavy atom. The zero-order chi connectivity index (χ0) is 12.7. The Morgan fingerprint density at radius 2 is 2.18 bits per heavy atom. The lowest BCUT2D eigenvalue weighted by Crippen LogP contribution is -2.14. The first kappa shape index (κ1) is 15.0. The van der Waals surface area contributed by atoms with Crippen LogP contribution in [0.2, 0.25) is 5.02 Å². The third-order valence-corrected chi connectivity index (χ3v) is 3.26. The van der Waals surface area contributed by atoms with E-state index in [4.69, 9.17) is 16.3 Å². The maximum Gasteiger partial charge on any atom is 0.0603 e. The molecule has 0 saturated heterocycles. The number of hydrogen-bond donors (Lipinski definition) is 1. The highest BCUT2D eigenvalue weighted by atomic mass is 79.9. The zero-order valence-corrected chi connectivity index (χ0v) is 12.3. The van der Waals surface area contributed by atoms with Crippen LogP contribution in [0.15, 0.2) is 22.7 Å². The van der Waals surface area contributed by atoms with Gasteiger partial charge in [-0.25, -0.2) is 0 Å². The minimum absolute atomic E-state index is 0.398. The summed E-state index contributed by atoms with van der Waals surface area (Å²) < 4.78 is 6.29. The lowest BCUT2D eigenvalue weighted by Gasteiger charge is -2.12. The van der Waals surface area contributed by atoms with Crippen LogP contribution in [0.4, 0.5) is 0 Å². The van der Waals surface area contributed by atoms with E-state index in [1.165, 1.54) is 0 Å². The maximum absolute atomic E-state index is 9.85. The van der Waals surface area contributed by atoms with Crippen molar-refractivity contribution in [3.05, 3.63) is 33.3 Å². The van der Waals surface area contributed by atoms with Crippen molar-refractivity contribution < 1.29 is 9.84 Å². The zero-order valence-electron chi connectivity index (χ0n) is 9.96. The van der Waals surface area contributed by atoms with E-state index in [-0.39, 0.29) is 0 Å². The fourth-order valence-electron chi connectivity index (χ4n) is 1.51. The first-order valence-corrected chi connectivity index (χ1v) is 7.00. The summed E-state index contributed by atoms with van der Waals surface area (Å²) >= 11 is 9.44. The molecule has 0 saturated carbocycles. The second kappa shape index (κ2) is 8.09. The van der Waals surface area contributed by atoms with Crippen molar-refractivity contribution in [3.63, 3.8) is 0 Å². The summed E-state index contributed by atoms with van der Waals surface area (Å²) in [5, 5.41) is 10.5. The molecule has 0 aromatic heterocycles. The van der Waals surface area contributed by atoms with Gasteiger partial charge in [-0.2, -0.15) is 0 Å². The van der Waals surface area contributed by atoms with Crippen LogP contribution in [0.1, 0.15) is 25.3 Å². The average molecular weight is 322 g/mol. The molecule has 0 aliphatic heterocycles. The molecule has 0 aliphatic carbocycles. The van der Waals surface area contributed by atoms with E-state index in [0.29, 0.717) is 24.5 Å². The first-order chi connectivity index (χ1) is 8.13. The van der Waals surface area contributed by atoms with Gasteiger partial charge in [0.1, 0.15) is 0 Å². The molecule has 0 spiro atoms. The molecule has 2 nitrogen and oxygen atoms in total. The van der Waals surface area contributed by atoms with Crippen molar-refractivity contribution in [1.29, 1.82) is 0 Å². The summed E-state index contributed by atoms with van der Waals surface area (Å²) in [6, 6.07) is 5.71. The highest BCUT2D eigenvalue weighted by Gasteiger charge is 2.08. The van der Waals surface area contributed by atoms with Crippen LogP contribution in [0.25, 0.3) is 0 Å². The molecule has 1 N–H and O–H groups in total. The fraction of sp³-hybridized carbons (Fsp3) is 0.538. The molecule has 0 amide bonds.